The molecule has 0 spiro atoms. The van der Waals surface area contributed by atoms with Crippen molar-refractivity contribution in [3.8, 4) is 0 Å². The molecule has 2 heterocycles. The summed E-state index contributed by atoms with van der Waals surface area (Å²) in [4.78, 5) is 27.9. The van der Waals surface area contributed by atoms with Crippen LogP contribution in [0.4, 0.5) is 5.00 Å². The van der Waals surface area contributed by atoms with Crippen molar-refractivity contribution in [3.05, 3.63) is 37.9 Å². The van der Waals surface area contributed by atoms with Gasteiger partial charge in [0.25, 0.3) is 5.91 Å². The third-order valence-electron chi connectivity index (χ3n) is 4.98. The molecule has 0 saturated heterocycles. The number of aryl methyl sites for hydroxylation is 1. The normalized spacial score (nSPS) is 16.3. The molecule has 6 heteroatoms. The van der Waals surface area contributed by atoms with Gasteiger partial charge in [0.2, 0.25) is 0 Å². The van der Waals surface area contributed by atoms with E-state index < -0.39 is 0 Å². The maximum atomic E-state index is 12.8. The average molecular weight is 406 g/mol. The number of ether oxygens (including phenoxy) is 1. The van der Waals surface area contributed by atoms with Crippen LogP contribution in [0.5, 0.6) is 0 Å². The number of carbonyl (C=O) groups excluding carboxylic acids is 2. The second-order valence-corrected chi connectivity index (χ2v) is 9.39. The van der Waals surface area contributed by atoms with Gasteiger partial charge in [0.15, 0.2) is 0 Å². The summed E-state index contributed by atoms with van der Waals surface area (Å²) in [5.41, 5.74) is 2.29. The predicted molar refractivity (Wildman–Crippen MR) is 112 cm³/mol. The molecule has 2 aromatic rings. The van der Waals surface area contributed by atoms with Crippen LogP contribution in [0.15, 0.2) is 11.4 Å². The van der Waals surface area contributed by atoms with Gasteiger partial charge in [0.1, 0.15) is 5.00 Å². The molecular weight excluding hydrogens is 378 g/mol. The standard InChI is InChI=1S/C21H27NO3S2/c1-5-13-7-8-16-17(9-13)27-20(18(16)21(24)25-12(3)4)22-19(23)14-10-15(6-2)26-11-14/h10-13H,5-9H2,1-4H3,(H,22,23)/t13-/m1/s1. The lowest BCUT2D eigenvalue weighted by molar-refractivity contribution is 0.0378. The van der Waals surface area contributed by atoms with Crippen LogP contribution in [0, 0.1) is 5.92 Å². The van der Waals surface area contributed by atoms with Crippen molar-refractivity contribution < 1.29 is 14.3 Å². The van der Waals surface area contributed by atoms with Gasteiger partial charge in [-0.15, -0.1) is 22.7 Å². The third kappa shape index (κ3) is 4.43. The molecule has 3 rings (SSSR count). The highest BCUT2D eigenvalue weighted by molar-refractivity contribution is 7.17. The van der Waals surface area contributed by atoms with Crippen LogP contribution < -0.4 is 5.32 Å². The Morgan fingerprint density at radius 1 is 1.33 bits per heavy atom. The van der Waals surface area contributed by atoms with Crippen LogP contribution in [0.25, 0.3) is 0 Å². The predicted octanol–water partition coefficient (Wildman–Crippen LogP) is 5.70. The number of hydrogen-bond donors (Lipinski definition) is 1. The Balaban J connectivity index is 1.92. The van der Waals surface area contributed by atoms with Crippen LogP contribution >= 0.6 is 22.7 Å². The molecule has 0 saturated carbocycles. The number of hydrogen-bond acceptors (Lipinski definition) is 5. The fraction of sp³-hybridized carbons (Fsp3) is 0.524. The molecule has 1 atom stereocenters. The van der Waals surface area contributed by atoms with Gasteiger partial charge in [-0.2, -0.15) is 0 Å². The van der Waals surface area contributed by atoms with Gasteiger partial charge in [-0.3, -0.25) is 4.79 Å². The van der Waals surface area contributed by atoms with Crippen LogP contribution in [0.1, 0.15) is 76.6 Å². The molecule has 1 N–H and O–H groups in total. The number of amides is 1. The molecule has 1 amide bonds. The zero-order valence-corrected chi connectivity index (χ0v) is 18.0. The monoisotopic (exact) mass is 405 g/mol. The fourth-order valence-corrected chi connectivity index (χ4v) is 5.60. The van der Waals surface area contributed by atoms with Crippen LogP contribution in [0.2, 0.25) is 0 Å². The molecule has 0 bridgehead atoms. The van der Waals surface area contributed by atoms with Gasteiger partial charge in [0, 0.05) is 15.1 Å². The van der Waals surface area contributed by atoms with E-state index in [9.17, 15) is 9.59 Å². The van der Waals surface area contributed by atoms with Crippen LogP contribution in [-0.2, 0) is 24.0 Å². The van der Waals surface area contributed by atoms with Gasteiger partial charge >= 0.3 is 5.97 Å². The largest absolute Gasteiger partial charge is 0.459 e. The fourth-order valence-electron chi connectivity index (χ4n) is 3.44. The molecule has 1 aliphatic carbocycles. The van der Waals surface area contributed by atoms with Crippen molar-refractivity contribution >= 4 is 39.6 Å². The quantitative estimate of drug-likeness (QED) is 0.627. The van der Waals surface area contributed by atoms with Crippen molar-refractivity contribution in [2.45, 2.75) is 65.9 Å². The van der Waals surface area contributed by atoms with E-state index in [4.69, 9.17) is 4.74 Å². The van der Waals surface area contributed by atoms with E-state index in [1.807, 2.05) is 25.3 Å². The zero-order chi connectivity index (χ0) is 19.6. The molecule has 0 radical (unpaired) electrons. The number of rotatable bonds is 6. The summed E-state index contributed by atoms with van der Waals surface area (Å²) in [5.74, 6) is 0.167. The third-order valence-corrected chi connectivity index (χ3v) is 7.23. The molecular formula is C21H27NO3S2. The minimum absolute atomic E-state index is 0.157. The highest BCUT2D eigenvalue weighted by atomic mass is 32.1. The Bertz CT molecular complexity index is 835. The maximum Gasteiger partial charge on any atom is 0.341 e. The Labute approximate surface area is 168 Å². The van der Waals surface area contributed by atoms with Crippen molar-refractivity contribution in [2.75, 3.05) is 5.32 Å². The number of esters is 1. The highest BCUT2D eigenvalue weighted by Crippen LogP contribution is 2.41. The molecule has 0 fully saturated rings. The number of fused-ring (bicyclic) bond motifs is 1. The van der Waals surface area contributed by atoms with E-state index in [1.165, 1.54) is 9.75 Å². The lowest BCUT2D eigenvalue weighted by Crippen LogP contribution is -2.19. The number of carbonyl (C=O) groups is 2. The highest BCUT2D eigenvalue weighted by Gasteiger charge is 2.30. The number of thiophene rings is 2. The summed E-state index contributed by atoms with van der Waals surface area (Å²) in [6.07, 6.45) is 4.80. The van der Waals surface area contributed by atoms with Crippen LogP contribution in [0.3, 0.4) is 0 Å². The number of anilines is 1. The summed E-state index contributed by atoms with van der Waals surface area (Å²) in [7, 11) is 0. The van der Waals surface area contributed by atoms with Crippen LogP contribution in [-0.4, -0.2) is 18.0 Å². The first-order valence-electron chi connectivity index (χ1n) is 9.67. The van der Waals surface area contributed by atoms with Gasteiger partial charge in [-0.05, 0) is 57.1 Å². The van der Waals surface area contributed by atoms with Gasteiger partial charge in [-0.1, -0.05) is 20.3 Å². The number of nitrogens with one attached hydrogen (secondary N) is 1. The topological polar surface area (TPSA) is 55.4 Å². The van der Waals surface area contributed by atoms with Crippen molar-refractivity contribution in [3.63, 3.8) is 0 Å². The lowest BCUT2D eigenvalue weighted by atomic mass is 9.85. The molecule has 2 aromatic heterocycles. The molecule has 4 nitrogen and oxygen atoms in total. The first kappa shape index (κ1) is 20.1. The van der Waals surface area contributed by atoms with E-state index >= 15 is 0 Å². The zero-order valence-electron chi connectivity index (χ0n) is 16.4. The second kappa shape index (κ2) is 8.57. The summed E-state index contributed by atoms with van der Waals surface area (Å²) in [5, 5.41) is 5.51. The first-order chi connectivity index (χ1) is 12.9. The van der Waals surface area contributed by atoms with Gasteiger partial charge in [0.05, 0.1) is 17.2 Å². The average Bonchev–Trinajstić information content (AvgIpc) is 3.24. The van der Waals surface area contributed by atoms with Gasteiger partial charge < -0.3 is 10.1 Å². The van der Waals surface area contributed by atoms with Gasteiger partial charge in [-0.25, -0.2) is 4.79 Å². The molecule has 0 aromatic carbocycles. The molecule has 0 aliphatic heterocycles. The van der Waals surface area contributed by atoms with Crippen molar-refractivity contribution in [1.82, 2.24) is 0 Å². The minimum Gasteiger partial charge on any atom is -0.459 e. The Morgan fingerprint density at radius 2 is 2.11 bits per heavy atom. The summed E-state index contributed by atoms with van der Waals surface area (Å²) in [6, 6.07) is 1.92. The Kier molecular flexibility index (Phi) is 6.37. The summed E-state index contributed by atoms with van der Waals surface area (Å²) >= 11 is 3.13. The molecule has 146 valence electrons. The van der Waals surface area contributed by atoms with E-state index in [-0.39, 0.29) is 18.0 Å². The van der Waals surface area contributed by atoms with E-state index in [0.717, 1.165) is 37.7 Å². The second-order valence-electron chi connectivity index (χ2n) is 7.29. The smallest absolute Gasteiger partial charge is 0.341 e. The minimum atomic E-state index is -0.327. The lowest BCUT2D eigenvalue weighted by Gasteiger charge is -2.21. The summed E-state index contributed by atoms with van der Waals surface area (Å²) in [6.45, 7) is 7.98. The summed E-state index contributed by atoms with van der Waals surface area (Å²) < 4.78 is 5.48. The van der Waals surface area contributed by atoms with E-state index in [1.54, 1.807) is 22.7 Å². The Morgan fingerprint density at radius 3 is 2.74 bits per heavy atom. The maximum absolute atomic E-state index is 12.8. The van der Waals surface area contributed by atoms with Crippen molar-refractivity contribution in [1.29, 1.82) is 0 Å². The Hall–Kier alpha value is -1.66. The SMILES string of the molecule is CCc1cc(C(=O)Nc2sc3c(c2C(=O)OC(C)C)CC[C@@H](CC)C3)cs1. The van der Waals surface area contributed by atoms with E-state index in [0.29, 0.717) is 22.0 Å². The molecule has 1 aliphatic rings. The molecule has 27 heavy (non-hydrogen) atoms. The van der Waals surface area contributed by atoms with E-state index in [2.05, 4.69) is 19.2 Å². The van der Waals surface area contributed by atoms with Crippen molar-refractivity contribution in [2.24, 2.45) is 5.92 Å². The first-order valence-corrected chi connectivity index (χ1v) is 11.4. The molecule has 0 unspecified atom stereocenters.